The first-order valence-corrected chi connectivity index (χ1v) is 12.6. The molecule has 2 heterocycles. The zero-order chi connectivity index (χ0) is 25.3. The number of nitrogens with zero attached hydrogens (tertiary/aromatic N) is 3. The summed E-state index contributed by atoms with van der Waals surface area (Å²) in [7, 11) is 1.51. The van der Waals surface area contributed by atoms with Gasteiger partial charge >= 0.3 is 6.09 Å². The number of methoxy groups -OCH3 is 1. The summed E-state index contributed by atoms with van der Waals surface area (Å²) in [5.74, 6) is -0.00461. The Hall–Kier alpha value is -2.32. The molecule has 1 aliphatic heterocycles. The zero-order valence-electron chi connectivity index (χ0n) is 21.0. The Kier molecular flexibility index (Phi) is 7.82. The first kappa shape index (κ1) is 26.3. The van der Waals surface area contributed by atoms with Crippen molar-refractivity contribution in [1.29, 1.82) is 0 Å². The Morgan fingerprint density at radius 1 is 1.21 bits per heavy atom. The van der Waals surface area contributed by atoms with Crippen molar-refractivity contribution in [2.24, 2.45) is 4.99 Å². The third-order valence-electron chi connectivity index (χ3n) is 5.46. The van der Waals surface area contributed by atoms with Crippen LogP contribution >= 0.6 is 22.9 Å². The Balaban J connectivity index is 1.97. The van der Waals surface area contributed by atoms with E-state index in [-0.39, 0.29) is 17.6 Å². The second-order valence-electron chi connectivity index (χ2n) is 10.5. The number of carbonyl (C=O) groups is 2. The van der Waals surface area contributed by atoms with Gasteiger partial charge in [-0.15, -0.1) is 11.3 Å². The van der Waals surface area contributed by atoms with E-state index < -0.39 is 11.5 Å². The summed E-state index contributed by atoms with van der Waals surface area (Å²) in [5, 5.41) is 0.438. The fourth-order valence-corrected chi connectivity index (χ4v) is 4.98. The summed E-state index contributed by atoms with van der Waals surface area (Å²) in [4.78, 5) is 33.8. The van der Waals surface area contributed by atoms with Gasteiger partial charge in [0.15, 0.2) is 4.80 Å². The second-order valence-corrected chi connectivity index (χ2v) is 12.0. The zero-order valence-corrected chi connectivity index (χ0v) is 22.5. The van der Waals surface area contributed by atoms with Gasteiger partial charge in [0.2, 0.25) is 0 Å². The largest absolute Gasteiger partial charge is 0.496 e. The average Bonchev–Trinajstić information content (AvgIpc) is 3.34. The van der Waals surface area contributed by atoms with Crippen LogP contribution in [0.4, 0.5) is 4.79 Å². The lowest BCUT2D eigenvalue weighted by molar-refractivity contribution is 0.0213. The molecule has 3 rings (SSSR count). The van der Waals surface area contributed by atoms with Gasteiger partial charge in [-0.2, -0.15) is 4.99 Å². The first-order valence-electron chi connectivity index (χ1n) is 11.4. The van der Waals surface area contributed by atoms with E-state index in [2.05, 4.69) is 25.8 Å². The summed E-state index contributed by atoms with van der Waals surface area (Å²) in [6, 6.07) is 4.86. The van der Waals surface area contributed by atoms with E-state index in [9.17, 15) is 9.59 Å². The number of hydrogen-bond donors (Lipinski definition) is 0. The molecule has 0 N–H and O–H groups in total. The second kappa shape index (κ2) is 10.1. The number of hydrogen-bond acceptors (Lipinski definition) is 5. The molecule has 1 atom stereocenters. The summed E-state index contributed by atoms with van der Waals surface area (Å²) in [6.45, 7) is 13.2. The minimum Gasteiger partial charge on any atom is -0.496 e. The number of rotatable bonds is 4. The van der Waals surface area contributed by atoms with E-state index in [1.54, 1.807) is 23.1 Å². The van der Waals surface area contributed by atoms with Crippen LogP contribution in [0, 0.1) is 0 Å². The van der Waals surface area contributed by atoms with Gasteiger partial charge in [-0.05, 0) is 57.2 Å². The van der Waals surface area contributed by atoms with Crippen molar-refractivity contribution in [3.05, 3.63) is 44.7 Å². The van der Waals surface area contributed by atoms with Crippen LogP contribution in [0.15, 0.2) is 29.4 Å². The van der Waals surface area contributed by atoms with Crippen molar-refractivity contribution in [3.63, 3.8) is 0 Å². The molecule has 186 valence electrons. The third kappa shape index (κ3) is 6.42. The number of carbonyl (C=O) groups excluding carboxylic acids is 2. The van der Waals surface area contributed by atoms with Crippen molar-refractivity contribution in [1.82, 2.24) is 9.47 Å². The quantitative estimate of drug-likeness (QED) is 0.536. The molecule has 0 saturated carbocycles. The number of likely N-dealkylation sites (tertiary alicyclic amines) is 1. The van der Waals surface area contributed by atoms with Crippen molar-refractivity contribution in [2.75, 3.05) is 13.7 Å². The molecule has 1 aliphatic rings. The minimum absolute atomic E-state index is 0.0352. The Morgan fingerprint density at radius 3 is 2.53 bits per heavy atom. The molecule has 2 aromatic rings. The van der Waals surface area contributed by atoms with E-state index in [1.807, 2.05) is 31.5 Å². The molecular weight excluding hydrogens is 474 g/mol. The molecule has 0 bridgehead atoms. The molecule has 7 nitrogen and oxygen atoms in total. The Morgan fingerprint density at radius 2 is 1.91 bits per heavy atom. The maximum Gasteiger partial charge on any atom is 0.410 e. The standard InChI is InChI=1S/C25H34ClN3O4S/c1-24(2,3)20-15-28(14-17-9-8-12-29(17)23(31)33-25(4,5)6)22(34-20)27-21(30)18-13-16(26)10-11-19(18)32-7/h10-11,13,15,17H,8-9,12,14H2,1-7H3/t17-/m0/s1. The smallest absolute Gasteiger partial charge is 0.410 e. The highest BCUT2D eigenvalue weighted by Gasteiger charge is 2.33. The number of ether oxygens (including phenoxy) is 2. The number of aromatic nitrogens is 1. The summed E-state index contributed by atoms with van der Waals surface area (Å²) in [5.41, 5.74) is -0.358. The van der Waals surface area contributed by atoms with Gasteiger partial charge in [0.05, 0.1) is 18.7 Å². The first-order chi connectivity index (χ1) is 15.8. The van der Waals surface area contributed by atoms with Crippen LogP contribution in [0.25, 0.3) is 0 Å². The maximum atomic E-state index is 13.1. The molecule has 1 aromatic heterocycles. The van der Waals surface area contributed by atoms with Crippen LogP contribution in [0.3, 0.4) is 0 Å². The average molecular weight is 508 g/mol. The normalized spacial score (nSPS) is 17.2. The van der Waals surface area contributed by atoms with E-state index in [4.69, 9.17) is 21.1 Å². The van der Waals surface area contributed by atoms with E-state index in [0.717, 1.165) is 17.7 Å². The monoisotopic (exact) mass is 507 g/mol. The third-order valence-corrected chi connectivity index (χ3v) is 7.14. The lowest BCUT2D eigenvalue weighted by Gasteiger charge is -2.28. The molecule has 0 spiro atoms. The molecule has 0 unspecified atom stereocenters. The number of amides is 2. The molecule has 1 saturated heterocycles. The predicted octanol–water partition coefficient (Wildman–Crippen LogP) is 5.65. The molecule has 0 radical (unpaired) electrons. The number of benzene rings is 1. The molecular formula is C25H34ClN3O4S. The van der Waals surface area contributed by atoms with Gasteiger partial charge in [0, 0.05) is 29.2 Å². The number of thiazole rings is 1. The molecule has 9 heteroatoms. The van der Waals surface area contributed by atoms with Crippen LogP contribution in [0.5, 0.6) is 5.75 Å². The maximum absolute atomic E-state index is 13.1. The highest BCUT2D eigenvalue weighted by atomic mass is 35.5. The Labute approximate surface area is 210 Å². The van der Waals surface area contributed by atoms with Crippen LogP contribution in [-0.4, -0.2) is 46.8 Å². The fourth-order valence-electron chi connectivity index (χ4n) is 3.75. The van der Waals surface area contributed by atoms with E-state index in [0.29, 0.717) is 34.2 Å². The van der Waals surface area contributed by atoms with Gasteiger partial charge in [0.25, 0.3) is 5.91 Å². The predicted molar refractivity (Wildman–Crippen MR) is 135 cm³/mol. The summed E-state index contributed by atoms with van der Waals surface area (Å²) in [6.07, 6.45) is 3.51. The van der Waals surface area contributed by atoms with Crippen molar-refractivity contribution >= 4 is 34.9 Å². The van der Waals surface area contributed by atoms with Crippen LogP contribution < -0.4 is 9.54 Å². The molecule has 0 aliphatic carbocycles. The van der Waals surface area contributed by atoms with Crippen molar-refractivity contribution < 1.29 is 19.1 Å². The van der Waals surface area contributed by atoms with Gasteiger partial charge < -0.3 is 18.9 Å². The molecule has 1 aromatic carbocycles. The Bertz CT molecular complexity index is 1120. The van der Waals surface area contributed by atoms with E-state index in [1.165, 1.54) is 18.4 Å². The van der Waals surface area contributed by atoms with E-state index >= 15 is 0 Å². The summed E-state index contributed by atoms with van der Waals surface area (Å²) >= 11 is 7.60. The molecule has 2 amide bonds. The SMILES string of the molecule is COc1ccc(Cl)cc1C(=O)N=c1sc(C(C)(C)C)cn1C[C@@H]1CCCN1C(=O)OC(C)(C)C. The van der Waals surface area contributed by atoms with Gasteiger partial charge in [0.1, 0.15) is 11.4 Å². The van der Waals surface area contributed by atoms with Crippen molar-refractivity contribution in [3.8, 4) is 5.75 Å². The topological polar surface area (TPSA) is 73.1 Å². The van der Waals surface area contributed by atoms with Gasteiger partial charge in [-0.25, -0.2) is 4.79 Å². The van der Waals surface area contributed by atoms with Crippen LogP contribution in [0.1, 0.15) is 69.6 Å². The highest BCUT2D eigenvalue weighted by Crippen LogP contribution is 2.27. The van der Waals surface area contributed by atoms with Crippen molar-refractivity contribution in [2.45, 2.75) is 78.0 Å². The van der Waals surface area contributed by atoms with Gasteiger partial charge in [-0.1, -0.05) is 32.4 Å². The molecule has 34 heavy (non-hydrogen) atoms. The lowest BCUT2D eigenvalue weighted by atomic mass is 9.95. The summed E-state index contributed by atoms with van der Waals surface area (Å²) < 4.78 is 12.9. The van der Waals surface area contributed by atoms with Crippen LogP contribution in [0.2, 0.25) is 5.02 Å². The fraction of sp³-hybridized carbons (Fsp3) is 0.560. The minimum atomic E-state index is -0.553. The number of halogens is 1. The molecule has 1 fully saturated rings. The van der Waals surface area contributed by atoms with Gasteiger partial charge in [-0.3, -0.25) is 4.79 Å². The van der Waals surface area contributed by atoms with Crippen LogP contribution in [-0.2, 0) is 16.7 Å². The highest BCUT2D eigenvalue weighted by molar-refractivity contribution is 7.09. The lowest BCUT2D eigenvalue weighted by Crippen LogP contribution is -2.42.